The van der Waals surface area contributed by atoms with Crippen LogP contribution in [0.4, 0.5) is 0 Å². The summed E-state index contributed by atoms with van der Waals surface area (Å²) in [6.07, 6.45) is 1.21. The lowest BCUT2D eigenvalue weighted by Gasteiger charge is -1.97. The van der Waals surface area contributed by atoms with Crippen LogP contribution in [0.3, 0.4) is 0 Å². The molecule has 11 heavy (non-hydrogen) atoms. The molecule has 0 saturated carbocycles. The largest absolute Gasteiger partial charge is 0.507 e. The highest BCUT2D eigenvalue weighted by Crippen LogP contribution is 2.18. The van der Waals surface area contributed by atoms with Crippen LogP contribution < -0.4 is 0 Å². The maximum Gasteiger partial charge on any atom is 0.125 e. The third kappa shape index (κ3) is 1.69. The molecule has 0 spiro atoms. The normalized spacial score (nSPS) is 8.82. The molecule has 0 unspecified atom stereocenters. The van der Waals surface area contributed by atoms with Gasteiger partial charge in [0.1, 0.15) is 11.7 Å². The molecule has 0 atom stereocenters. The van der Waals surface area contributed by atoms with Crippen molar-refractivity contribution in [3.63, 3.8) is 0 Å². The van der Waals surface area contributed by atoms with Crippen molar-refractivity contribution in [3.05, 3.63) is 29.3 Å². The minimum atomic E-state index is 0.110. The predicted molar refractivity (Wildman–Crippen MR) is 43.0 cm³/mol. The second kappa shape index (κ2) is 3.04. The zero-order valence-corrected chi connectivity index (χ0v) is 6.16. The molecular weight excluding hydrogens is 140 g/mol. The van der Waals surface area contributed by atoms with Gasteiger partial charge in [0.05, 0.1) is 0 Å². The van der Waals surface area contributed by atoms with E-state index in [1.54, 1.807) is 24.1 Å². The molecule has 0 aliphatic carbocycles. The van der Waals surface area contributed by atoms with Crippen molar-refractivity contribution in [2.24, 2.45) is 0 Å². The average molecular weight is 148 g/mol. The number of phenols is 1. The minimum absolute atomic E-state index is 0.110. The number of rotatable bonds is 1. The van der Waals surface area contributed by atoms with Crippen LogP contribution in [0.1, 0.15) is 11.1 Å². The summed E-state index contributed by atoms with van der Waals surface area (Å²) in [5.74, 6) is 1.73. The van der Waals surface area contributed by atoms with E-state index in [2.05, 4.69) is 0 Å². The maximum atomic E-state index is 9.95. The molecule has 0 radical (unpaired) electrons. The second-order valence-electron chi connectivity index (χ2n) is 2.32. The average Bonchev–Trinajstić information content (AvgIpc) is 1.98. The fraction of sp³-hybridized carbons (Fsp3) is 0.111. The molecule has 0 aliphatic rings. The van der Waals surface area contributed by atoms with Crippen LogP contribution in [-0.4, -0.2) is 11.0 Å². The molecule has 2 heteroatoms. The Kier molecular flexibility index (Phi) is 2.09. The molecule has 1 rings (SSSR count). The van der Waals surface area contributed by atoms with Gasteiger partial charge < -0.3 is 5.11 Å². The van der Waals surface area contributed by atoms with Crippen LogP contribution in [0.5, 0.6) is 5.75 Å². The summed E-state index contributed by atoms with van der Waals surface area (Å²) < 4.78 is 0. The van der Waals surface area contributed by atoms with Crippen LogP contribution in [0, 0.1) is 6.92 Å². The topological polar surface area (TPSA) is 37.3 Å². The molecular formula is C9H8O2. The van der Waals surface area contributed by atoms with E-state index in [0.29, 0.717) is 5.56 Å². The number of aromatic hydroxyl groups is 1. The van der Waals surface area contributed by atoms with Gasteiger partial charge in [-0.25, -0.2) is 4.79 Å². The quantitative estimate of drug-likeness (QED) is 0.613. The standard InChI is InChI=1S/C9H8O2/c1-7-2-3-9(11)8(6-7)4-5-10/h2-4,6,11H,1H3. The molecule has 1 N–H and O–H groups in total. The fourth-order valence-corrected chi connectivity index (χ4v) is 0.853. The predicted octanol–water partition coefficient (Wildman–Crippen LogP) is 1.55. The van der Waals surface area contributed by atoms with E-state index >= 15 is 0 Å². The number of hydrogen-bond donors (Lipinski definition) is 1. The Morgan fingerprint density at radius 2 is 2.27 bits per heavy atom. The van der Waals surface area contributed by atoms with Crippen LogP contribution in [0.2, 0.25) is 0 Å². The molecule has 0 amide bonds. The van der Waals surface area contributed by atoms with E-state index in [4.69, 9.17) is 5.11 Å². The summed E-state index contributed by atoms with van der Waals surface area (Å²) in [5.41, 5.74) is 1.52. The Hall–Kier alpha value is -1.53. The fourth-order valence-electron chi connectivity index (χ4n) is 0.853. The summed E-state index contributed by atoms with van der Waals surface area (Å²) in [6.45, 7) is 1.89. The van der Waals surface area contributed by atoms with Crippen LogP contribution >= 0.6 is 0 Å². The molecule has 0 fully saturated rings. The number of benzene rings is 1. The number of aryl methyl sites for hydroxylation is 1. The zero-order valence-electron chi connectivity index (χ0n) is 6.16. The number of carbonyl (C=O) groups excluding carboxylic acids is 1. The Bertz CT molecular complexity index is 309. The first kappa shape index (κ1) is 7.58. The van der Waals surface area contributed by atoms with E-state index in [1.807, 2.05) is 6.92 Å². The van der Waals surface area contributed by atoms with Crippen molar-refractivity contribution in [1.29, 1.82) is 0 Å². The molecule has 0 heterocycles. The highest BCUT2D eigenvalue weighted by Gasteiger charge is 1.95. The number of phenolic OH excluding ortho intramolecular Hbond substituents is 1. The summed E-state index contributed by atoms with van der Waals surface area (Å²) in [6, 6.07) is 5.05. The van der Waals surface area contributed by atoms with E-state index in [0.717, 1.165) is 5.56 Å². The van der Waals surface area contributed by atoms with Crippen molar-refractivity contribution in [1.82, 2.24) is 0 Å². The van der Waals surface area contributed by atoms with E-state index in [1.165, 1.54) is 6.08 Å². The molecule has 0 aromatic heterocycles. The third-order valence-electron chi connectivity index (χ3n) is 1.40. The smallest absolute Gasteiger partial charge is 0.125 e. The summed E-state index contributed by atoms with van der Waals surface area (Å²) >= 11 is 0. The van der Waals surface area contributed by atoms with Crippen LogP contribution in [-0.2, 0) is 4.79 Å². The first-order chi connectivity index (χ1) is 5.24. The lowest BCUT2D eigenvalue weighted by atomic mass is 10.1. The van der Waals surface area contributed by atoms with E-state index in [9.17, 15) is 4.79 Å². The van der Waals surface area contributed by atoms with Gasteiger partial charge in [-0.15, -0.1) is 0 Å². The molecule has 1 aromatic rings. The summed E-state index contributed by atoms with van der Waals surface area (Å²) in [4.78, 5) is 9.95. The van der Waals surface area contributed by atoms with Gasteiger partial charge in [0.15, 0.2) is 0 Å². The molecule has 1 aromatic carbocycles. The highest BCUT2D eigenvalue weighted by molar-refractivity contribution is 5.77. The van der Waals surface area contributed by atoms with Gasteiger partial charge in [0.25, 0.3) is 0 Å². The van der Waals surface area contributed by atoms with Gasteiger partial charge in [-0.3, -0.25) is 0 Å². The summed E-state index contributed by atoms with van der Waals surface area (Å²) in [5, 5.41) is 9.16. The second-order valence-corrected chi connectivity index (χ2v) is 2.32. The van der Waals surface area contributed by atoms with Crippen molar-refractivity contribution in [3.8, 4) is 5.75 Å². The van der Waals surface area contributed by atoms with Crippen LogP contribution in [0.15, 0.2) is 18.2 Å². The van der Waals surface area contributed by atoms with Crippen molar-refractivity contribution >= 4 is 12.0 Å². The monoisotopic (exact) mass is 148 g/mol. The van der Waals surface area contributed by atoms with Crippen molar-refractivity contribution in [2.45, 2.75) is 6.92 Å². The van der Waals surface area contributed by atoms with Gasteiger partial charge in [0.2, 0.25) is 0 Å². The van der Waals surface area contributed by atoms with Gasteiger partial charge in [0, 0.05) is 11.6 Å². The van der Waals surface area contributed by atoms with Crippen molar-refractivity contribution in [2.75, 3.05) is 0 Å². The summed E-state index contributed by atoms with van der Waals surface area (Å²) in [7, 11) is 0. The van der Waals surface area contributed by atoms with E-state index < -0.39 is 0 Å². The molecule has 0 bridgehead atoms. The molecule has 2 nitrogen and oxygen atoms in total. The molecule has 0 aliphatic heterocycles. The van der Waals surface area contributed by atoms with Crippen LogP contribution in [0.25, 0.3) is 6.08 Å². The molecule has 56 valence electrons. The number of hydrogen-bond acceptors (Lipinski definition) is 2. The van der Waals surface area contributed by atoms with E-state index in [-0.39, 0.29) is 5.75 Å². The Labute approximate surface area is 64.8 Å². The Morgan fingerprint density at radius 3 is 2.91 bits per heavy atom. The minimum Gasteiger partial charge on any atom is -0.507 e. The van der Waals surface area contributed by atoms with Gasteiger partial charge >= 0.3 is 0 Å². The lowest BCUT2D eigenvalue weighted by molar-refractivity contribution is 0.474. The van der Waals surface area contributed by atoms with Gasteiger partial charge in [-0.1, -0.05) is 11.6 Å². The first-order valence-electron chi connectivity index (χ1n) is 3.24. The first-order valence-corrected chi connectivity index (χ1v) is 3.24. The Morgan fingerprint density at radius 1 is 1.55 bits per heavy atom. The van der Waals surface area contributed by atoms with Crippen molar-refractivity contribution < 1.29 is 9.90 Å². The molecule has 0 saturated heterocycles. The SMILES string of the molecule is Cc1ccc(O)c(C=C=O)c1. The van der Waals surface area contributed by atoms with Gasteiger partial charge in [-0.2, -0.15) is 0 Å². The van der Waals surface area contributed by atoms with Gasteiger partial charge in [-0.05, 0) is 19.1 Å². The Balaban J connectivity index is 3.22. The lowest BCUT2D eigenvalue weighted by Crippen LogP contribution is -1.77. The zero-order chi connectivity index (χ0) is 8.27. The maximum absolute atomic E-state index is 9.95. The third-order valence-corrected chi connectivity index (χ3v) is 1.40. The highest BCUT2D eigenvalue weighted by atomic mass is 16.3.